The predicted octanol–water partition coefficient (Wildman–Crippen LogP) is 2.67. The van der Waals surface area contributed by atoms with Gasteiger partial charge in [0.05, 0.1) is 6.20 Å². The molecule has 2 N–H and O–H groups in total. The average Bonchev–Trinajstić information content (AvgIpc) is 2.71. The van der Waals surface area contributed by atoms with Crippen LogP contribution in [0.4, 0.5) is 10.5 Å². The van der Waals surface area contributed by atoms with Crippen LogP contribution in [0.3, 0.4) is 0 Å². The molecule has 8 heteroatoms. The number of benzene rings is 1. The predicted molar refractivity (Wildman–Crippen MR) is 109 cm³/mol. The molecule has 1 saturated heterocycles. The van der Waals surface area contributed by atoms with E-state index in [4.69, 9.17) is 9.47 Å². The minimum absolute atomic E-state index is 0.0317. The number of aromatic nitrogens is 1. The molecule has 1 fully saturated rings. The highest BCUT2D eigenvalue weighted by molar-refractivity contribution is 5.85. The molecule has 3 rings (SSSR count). The second kappa shape index (κ2) is 10.4. The van der Waals surface area contributed by atoms with E-state index in [1.807, 2.05) is 18.2 Å². The Balaban J connectivity index is 1.35. The number of amides is 2. The lowest BCUT2D eigenvalue weighted by atomic mass is 10.1. The maximum Gasteiger partial charge on any atom is 0.418 e. The second-order valence-corrected chi connectivity index (χ2v) is 6.88. The molecule has 0 spiro atoms. The van der Waals surface area contributed by atoms with E-state index in [0.717, 1.165) is 32.5 Å². The lowest BCUT2D eigenvalue weighted by Gasteiger charge is -2.31. The van der Waals surface area contributed by atoms with E-state index in [9.17, 15) is 9.59 Å². The lowest BCUT2D eigenvalue weighted by Crippen LogP contribution is -2.45. The molecule has 8 nitrogen and oxygen atoms in total. The zero-order chi connectivity index (χ0) is 20.5. The quantitative estimate of drug-likeness (QED) is 0.745. The molecule has 1 aromatic heterocycles. The Morgan fingerprint density at radius 3 is 2.55 bits per heavy atom. The third-order valence-electron chi connectivity index (χ3n) is 4.60. The minimum atomic E-state index is -0.597. The largest absolute Gasteiger partial charge is 0.491 e. The number of carbonyl (C=O) groups excluding carboxylic acids is 2. The first kappa shape index (κ1) is 20.6. The third kappa shape index (κ3) is 7.08. The molecule has 2 aromatic rings. The lowest BCUT2D eigenvalue weighted by molar-refractivity contribution is -0.119. The van der Waals surface area contributed by atoms with Crippen molar-refractivity contribution in [2.45, 2.75) is 25.8 Å². The van der Waals surface area contributed by atoms with Crippen molar-refractivity contribution in [3.05, 3.63) is 48.7 Å². The first-order chi connectivity index (χ1) is 14.1. The number of nitrogens with zero attached hydrogens (tertiary/aromatic N) is 2. The SMILES string of the molecule is CC(=O)NC1CCN(CCOc2ccc(OC(=O)Nc3ccccc3)nc2)CC1. The number of pyridine rings is 1. The van der Waals surface area contributed by atoms with Crippen LogP contribution in [-0.4, -0.2) is 54.2 Å². The van der Waals surface area contributed by atoms with E-state index >= 15 is 0 Å². The first-order valence-corrected chi connectivity index (χ1v) is 9.70. The number of para-hydroxylation sites is 1. The van der Waals surface area contributed by atoms with Gasteiger partial charge in [0.1, 0.15) is 12.4 Å². The van der Waals surface area contributed by atoms with Crippen LogP contribution >= 0.6 is 0 Å². The summed E-state index contributed by atoms with van der Waals surface area (Å²) in [6.45, 7) is 4.79. The topological polar surface area (TPSA) is 92.8 Å². The summed E-state index contributed by atoms with van der Waals surface area (Å²) in [4.78, 5) is 29.4. The highest BCUT2D eigenvalue weighted by atomic mass is 16.6. The number of rotatable bonds is 7. The van der Waals surface area contributed by atoms with Gasteiger partial charge < -0.3 is 14.8 Å². The molecule has 1 aliphatic heterocycles. The number of anilines is 1. The molecule has 0 unspecified atom stereocenters. The van der Waals surface area contributed by atoms with E-state index in [1.165, 1.54) is 6.20 Å². The Kier molecular flexibility index (Phi) is 7.40. The van der Waals surface area contributed by atoms with Crippen LogP contribution in [0.1, 0.15) is 19.8 Å². The molecule has 29 heavy (non-hydrogen) atoms. The molecular formula is C21H26N4O4. The maximum atomic E-state index is 11.9. The molecule has 2 heterocycles. The molecule has 1 aromatic carbocycles. The van der Waals surface area contributed by atoms with Gasteiger partial charge in [-0.15, -0.1) is 0 Å². The van der Waals surface area contributed by atoms with Gasteiger partial charge in [0.15, 0.2) is 0 Å². The zero-order valence-corrected chi connectivity index (χ0v) is 16.5. The summed E-state index contributed by atoms with van der Waals surface area (Å²) in [7, 11) is 0. The number of hydrogen-bond acceptors (Lipinski definition) is 6. The summed E-state index contributed by atoms with van der Waals surface area (Å²) in [5.74, 6) is 0.851. The number of piperidine rings is 1. The molecular weight excluding hydrogens is 372 g/mol. The Labute approximate surface area is 170 Å². The van der Waals surface area contributed by atoms with Gasteiger partial charge in [0, 0.05) is 44.4 Å². The van der Waals surface area contributed by atoms with Gasteiger partial charge in [-0.3, -0.25) is 15.0 Å². The van der Waals surface area contributed by atoms with Crippen molar-refractivity contribution < 1.29 is 19.1 Å². The Morgan fingerprint density at radius 2 is 1.90 bits per heavy atom. The normalized spacial score (nSPS) is 14.8. The number of nitrogens with one attached hydrogen (secondary N) is 2. The number of likely N-dealkylation sites (tertiary alicyclic amines) is 1. The van der Waals surface area contributed by atoms with Crippen LogP contribution in [0.15, 0.2) is 48.7 Å². The fourth-order valence-electron chi connectivity index (χ4n) is 3.15. The summed E-state index contributed by atoms with van der Waals surface area (Å²) in [5.41, 5.74) is 0.651. The number of carbonyl (C=O) groups is 2. The van der Waals surface area contributed by atoms with Crippen LogP contribution in [0.2, 0.25) is 0 Å². The molecule has 0 radical (unpaired) electrons. The zero-order valence-electron chi connectivity index (χ0n) is 16.5. The van der Waals surface area contributed by atoms with Crippen molar-refractivity contribution in [1.82, 2.24) is 15.2 Å². The summed E-state index contributed by atoms with van der Waals surface area (Å²) < 4.78 is 10.9. The fraction of sp³-hybridized carbons (Fsp3) is 0.381. The number of hydrogen-bond donors (Lipinski definition) is 2. The Bertz CT molecular complexity index is 790. The average molecular weight is 398 g/mol. The molecule has 0 bridgehead atoms. The Morgan fingerprint density at radius 1 is 1.14 bits per heavy atom. The van der Waals surface area contributed by atoms with E-state index in [0.29, 0.717) is 18.0 Å². The molecule has 154 valence electrons. The van der Waals surface area contributed by atoms with E-state index < -0.39 is 6.09 Å². The monoisotopic (exact) mass is 398 g/mol. The Hall–Kier alpha value is -3.13. The molecule has 0 aliphatic carbocycles. The van der Waals surface area contributed by atoms with Crippen LogP contribution in [0.5, 0.6) is 11.6 Å². The van der Waals surface area contributed by atoms with Crippen LogP contribution in [0, 0.1) is 0 Å². The molecule has 1 aliphatic rings. The van der Waals surface area contributed by atoms with Gasteiger partial charge in [-0.05, 0) is 31.0 Å². The highest BCUT2D eigenvalue weighted by Gasteiger charge is 2.19. The molecule has 0 saturated carbocycles. The van der Waals surface area contributed by atoms with E-state index in [1.54, 1.807) is 31.2 Å². The van der Waals surface area contributed by atoms with Gasteiger partial charge in [-0.2, -0.15) is 0 Å². The maximum absolute atomic E-state index is 11.9. The molecule has 0 atom stereocenters. The van der Waals surface area contributed by atoms with Crippen LogP contribution in [-0.2, 0) is 4.79 Å². The van der Waals surface area contributed by atoms with E-state index in [2.05, 4.69) is 20.5 Å². The summed E-state index contributed by atoms with van der Waals surface area (Å²) in [6, 6.07) is 12.7. The van der Waals surface area contributed by atoms with Crippen molar-refractivity contribution in [1.29, 1.82) is 0 Å². The summed E-state index contributed by atoms with van der Waals surface area (Å²) >= 11 is 0. The fourth-order valence-corrected chi connectivity index (χ4v) is 3.15. The van der Waals surface area contributed by atoms with Gasteiger partial charge in [0.25, 0.3) is 0 Å². The van der Waals surface area contributed by atoms with Gasteiger partial charge >= 0.3 is 6.09 Å². The molecule has 2 amide bonds. The van der Waals surface area contributed by atoms with Crippen molar-refractivity contribution in [2.24, 2.45) is 0 Å². The van der Waals surface area contributed by atoms with E-state index in [-0.39, 0.29) is 17.8 Å². The van der Waals surface area contributed by atoms with Crippen molar-refractivity contribution in [3.63, 3.8) is 0 Å². The van der Waals surface area contributed by atoms with Gasteiger partial charge in [-0.1, -0.05) is 18.2 Å². The van der Waals surface area contributed by atoms with Crippen molar-refractivity contribution >= 4 is 17.7 Å². The smallest absolute Gasteiger partial charge is 0.418 e. The first-order valence-electron chi connectivity index (χ1n) is 9.70. The number of ether oxygens (including phenoxy) is 2. The van der Waals surface area contributed by atoms with Crippen molar-refractivity contribution in [3.8, 4) is 11.6 Å². The summed E-state index contributed by atoms with van der Waals surface area (Å²) in [5, 5.41) is 5.60. The van der Waals surface area contributed by atoms with Gasteiger partial charge in [0.2, 0.25) is 11.8 Å². The second-order valence-electron chi connectivity index (χ2n) is 6.88. The third-order valence-corrected chi connectivity index (χ3v) is 4.60. The van der Waals surface area contributed by atoms with Crippen LogP contribution < -0.4 is 20.1 Å². The standard InChI is InChI=1S/C21H26N4O4/c1-16(26)23-18-9-11-25(12-10-18)13-14-28-19-7-8-20(22-15-19)29-21(27)24-17-5-3-2-4-6-17/h2-8,15,18H,9-14H2,1H3,(H,23,26)(H,24,27). The highest BCUT2D eigenvalue weighted by Crippen LogP contribution is 2.15. The van der Waals surface area contributed by atoms with Crippen molar-refractivity contribution in [2.75, 3.05) is 31.6 Å². The van der Waals surface area contributed by atoms with Crippen LogP contribution in [0.25, 0.3) is 0 Å². The van der Waals surface area contributed by atoms with Gasteiger partial charge in [-0.25, -0.2) is 9.78 Å². The minimum Gasteiger partial charge on any atom is -0.491 e. The summed E-state index contributed by atoms with van der Waals surface area (Å²) in [6.07, 6.45) is 2.85.